The highest BCUT2D eigenvalue weighted by Gasteiger charge is 2.51. The van der Waals surface area contributed by atoms with Crippen molar-refractivity contribution in [2.75, 3.05) is 42.6 Å². The molecule has 1 saturated heterocycles. The first-order valence-corrected chi connectivity index (χ1v) is 14.0. The molecule has 1 fully saturated rings. The minimum Gasteiger partial charge on any atom is -0.438 e. The Labute approximate surface area is 225 Å². The van der Waals surface area contributed by atoms with Crippen LogP contribution in [0.1, 0.15) is 73.8 Å². The van der Waals surface area contributed by atoms with Gasteiger partial charge in [0.25, 0.3) is 0 Å². The lowest BCUT2D eigenvalue weighted by molar-refractivity contribution is 0.0241. The van der Waals surface area contributed by atoms with E-state index in [1.807, 2.05) is 0 Å². The van der Waals surface area contributed by atoms with Gasteiger partial charge in [0.05, 0.1) is 6.10 Å². The molecule has 0 radical (unpaired) electrons. The lowest BCUT2D eigenvalue weighted by Gasteiger charge is -2.31. The smallest absolute Gasteiger partial charge is 0.360 e. The molecule has 2 aliphatic heterocycles. The summed E-state index contributed by atoms with van der Waals surface area (Å²) >= 11 is 0. The van der Waals surface area contributed by atoms with E-state index in [-0.39, 0.29) is 11.8 Å². The second kappa shape index (κ2) is 11.5. The predicted octanol–water partition coefficient (Wildman–Crippen LogP) is 5.57. The van der Waals surface area contributed by atoms with E-state index in [1.165, 1.54) is 5.69 Å². The third kappa shape index (κ3) is 4.87. The van der Waals surface area contributed by atoms with Crippen LogP contribution in [0.5, 0.6) is 0 Å². The molecule has 3 heterocycles. The normalized spacial score (nSPS) is 20.3. The van der Waals surface area contributed by atoms with Gasteiger partial charge in [0.1, 0.15) is 5.69 Å². The summed E-state index contributed by atoms with van der Waals surface area (Å²) in [6.07, 6.45) is 7.84. The lowest BCUT2D eigenvalue weighted by atomic mass is 9.83. The van der Waals surface area contributed by atoms with Gasteiger partial charge in [-0.2, -0.15) is 0 Å². The van der Waals surface area contributed by atoms with E-state index in [0.717, 1.165) is 75.3 Å². The topological polar surface area (TPSA) is 67.8 Å². The summed E-state index contributed by atoms with van der Waals surface area (Å²) in [5.74, 6) is -0.451. The number of benzene rings is 2. The summed E-state index contributed by atoms with van der Waals surface area (Å²) in [5.41, 5.74) is 3.66. The molecule has 0 saturated carbocycles. The quantitative estimate of drug-likeness (QED) is 0.310. The standard InChI is InChI=1S/C31H38N4O3/c1-4-19-35(20-5-2)26-15-11-24(12-16-26)31(29-28(30(36)38-31)32-17-18-33-29)23-9-13-25(14-10-23)34(6-3)22-27-8-7-21-37-27/h9-18,27H,4-8,19-22H2,1-3H3. The van der Waals surface area contributed by atoms with E-state index >= 15 is 0 Å². The van der Waals surface area contributed by atoms with Crippen LogP contribution >= 0.6 is 0 Å². The van der Waals surface area contributed by atoms with E-state index in [9.17, 15) is 4.79 Å². The van der Waals surface area contributed by atoms with Gasteiger partial charge < -0.3 is 19.3 Å². The summed E-state index contributed by atoms with van der Waals surface area (Å²) < 4.78 is 12.1. The van der Waals surface area contributed by atoms with Crippen molar-refractivity contribution in [1.82, 2.24) is 9.97 Å². The van der Waals surface area contributed by atoms with E-state index in [4.69, 9.17) is 9.47 Å². The van der Waals surface area contributed by atoms with Gasteiger partial charge in [0.2, 0.25) is 5.60 Å². The van der Waals surface area contributed by atoms with Gasteiger partial charge in [-0.1, -0.05) is 38.1 Å². The molecule has 0 aliphatic carbocycles. The third-order valence-electron chi connectivity index (χ3n) is 7.57. The van der Waals surface area contributed by atoms with Gasteiger partial charge in [0, 0.05) is 67.7 Å². The highest BCUT2D eigenvalue weighted by molar-refractivity contribution is 5.93. The van der Waals surface area contributed by atoms with Gasteiger partial charge in [-0.3, -0.25) is 4.98 Å². The van der Waals surface area contributed by atoms with Crippen molar-refractivity contribution in [2.24, 2.45) is 0 Å². The molecular weight excluding hydrogens is 476 g/mol. The molecule has 2 atom stereocenters. The maximum atomic E-state index is 13.0. The number of likely N-dealkylation sites (N-methyl/N-ethyl adjacent to an activating group) is 1. The monoisotopic (exact) mass is 514 g/mol. The molecule has 0 amide bonds. The van der Waals surface area contributed by atoms with E-state index < -0.39 is 11.6 Å². The molecule has 0 N–H and O–H groups in total. The summed E-state index contributed by atoms with van der Waals surface area (Å²) in [6.45, 7) is 11.2. The Hall–Kier alpha value is -3.45. The maximum Gasteiger partial charge on any atom is 0.360 e. The average Bonchev–Trinajstić information content (AvgIpc) is 3.58. The van der Waals surface area contributed by atoms with Gasteiger partial charge in [-0.05, 0) is 56.9 Å². The number of carbonyl (C=O) groups excluding carboxylic acids is 1. The number of cyclic esters (lactones) is 1. The first-order chi connectivity index (χ1) is 18.6. The first-order valence-electron chi connectivity index (χ1n) is 14.0. The number of hydrogen-bond acceptors (Lipinski definition) is 7. The number of hydrogen-bond donors (Lipinski definition) is 0. The van der Waals surface area contributed by atoms with Gasteiger partial charge in [-0.25, -0.2) is 9.78 Å². The van der Waals surface area contributed by atoms with Crippen LogP contribution in [0.2, 0.25) is 0 Å². The van der Waals surface area contributed by atoms with Crippen LogP contribution in [0.3, 0.4) is 0 Å². The van der Waals surface area contributed by atoms with E-state index in [0.29, 0.717) is 5.69 Å². The van der Waals surface area contributed by atoms with Crippen molar-refractivity contribution in [3.05, 3.63) is 83.4 Å². The van der Waals surface area contributed by atoms with Crippen molar-refractivity contribution in [3.8, 4) is 0 Å². The average molecular weight is 515 g/mol. The Balaban J connectivity index is 1.53. The van der Waals surface area contributed by atoms with Crippen molar-refractivity contribution < 1.29 is 14.3 Å². The number of ether oxygens (including phenoxy) is 2. The second-order valence-electron chi connectivity index (χ2n) is 10.1. The summed E-state index contributed by atoms with van der Waals surface area (Å²) in [5, 5.41) is 0. The van der Waals surface area contributed by atoms with Crippen molar-refractivity contribution in [2.45, 2.75) is 58.2 Å². The number of fused-ring (bicyclic) bond motifs is 1. The maximum absolute atomic E-state index is 13.0. The molecule has 2 aromatic carbocycles. The zero-order valence-electron chi connectivity index (χ0n) is 22.7. The van der Waals surface area contributed by atoms with Crippen LogP contribution in [-0.2, 0) is 15.1 Å². The summed E-state index contributed by atoms with van der Waals surface area (Å²) in [6, 6.07) is 16.7. The van der Waals surface area contributed by atoms with Crippen molar-refractivity contribution >= 4 is 17.3 Å². The van der Waals surface area contributed by atoms with Gasteiger partial charge in [0.15, 0.2) is 5.69 Å². The molecule has 0 bridgehead atoms. The molecule has 38 heavy (non-hydrogen) atoms. The molecule has 200 valence electrons. The zero-order valence-corrected chi connectivity index (χ0v) is 22.7. The first kappa shape index (κ1) is 26.2. The van der Waals surface area contributed by atoms with Crippen LogP contribution in [0, 0.1) is 0 Å². The number of anilines is 2. The highest BCUT2D eigenvalue weighted by atomic mass is 16.6. The number of nitrogens with zero attached hydrogens (tertiary/aromatic N) is 4. The Kier molecular flexibility index (Phi) is 7.93. The number of aromatic nitrogens is 2. The van der Waals surface area contributed by atoms with Crippen LogP contribution in [-0.4, -0.2) is 54.8 Å². The Morgan fingerprint density at radius 2 is 1.47 bits per heavy atom. The molecular formula is C31H38N4O3. The fourth-order valence-electron chi connectivity index (χ4n) is 5.71. The molecule has 5 rings (SSSR count). The third-order valence-corrected chi connectivity index (χ3v) is 7.57. The van der Waals surface area contributed by atoms with E-state index in [2.05, 4.69) is 89.1 Å². The second-order valence-corrected chi connectivity index (χ2v) is 10.1. The number of rotatable bonds is 11. The largest absolute Gasteiger partial charge is 0.438 e. The highest BCUT2D eigenvalue weighted by Crippen LogP contribution is 2.46. The molecule has 7 heteroatoms. The summed E-state index contributed by atoms with van der Waals surface area (Å²) in [7, 11) is 0. The predicted molar refractivity (Wildman–Crippen MR) is 150 cm³/mol. The van der Waals surface area contributed by atoms with Crippen LogP contribution in [0.4, 0.5) is 11.4 Å². The molecule has 1 aromatic heterocycles. The fourth-order valence-corrected chi connectivity index (χ4v) is 5.71. The van der Waals surface area contributed by atoms with Gasteiger partial charge >= 0.3 is 5.97 Å². The summed E-state index contributed by atoms with van der Waals surface area (Å²) in [4.78, 5) is 26.7. The minimum absolute atomic E-state index is 0.271. The molecule has 2 aliphatic rings. The van der Waals surface area contributed by atoms with Crippen LogP contribution < -0.4 is 9.80 Å². The van der Waals surface area contributed by atoms with E-state index in [1.54, 1.807) is 12.4 Å². The fraction of sp³-hybridized carbons (Fsp3) is 0.452. The zero-order chi connectivity index (χ0) is 26.5. The van der Waals surface area contributed by atoms with Gasteiger partial charge in [-0.15, -0.1) is 0 Å². The molecule has 7 nitrogen and oxygen atoms in total. The Morgan fingerprint density at radius 3 is 2.03 bits per heavy atom. The Morgan fingerprint density at radius 1 is 0.868 bits per heavy atom. The van der Waals surface area contributed by atoms with Crippen LogP contribution in [0.25, 0.3) is 0 Å². The molecule has 3 aromatic rings. The molecule has 2 unspecified atom stereocenters. The van der Waals surface area contributed by atoms with Crippen LogP contribution in [0.15, 0.2) is 60.9 Å². The minimum atomic E-state index is -1.15. The number of esters is 1. The van der Waals surface area contributed by atoms with Crippen molar-refractivity contribution in [1.29, 1.82) is 0 Å². The SMILES string of the molecule is CCCN(CCC)c1ccc(C2(c3ccc(N(CC)CC4CCCO4)cc3)OC(=O)c3nccnc32)cc1. The van der Waals surface area contributed by atoms with Crippen molar-refractivity contribution in [3.63, 3.8) is 0 Å². The number of carbonyl (C=O) groups is 1. The lowest BCUT2D eigenvalue weighted by Crippen LogP contribution is -2.33. The Bertz CT molecular complexity index is 1220. The molecule has 0 spiro atoms.